The van der Waals surface area contributed by atoms with Gasteiger partial charge in [-0.15, -0.1) is 0 Å². The minimum Gasteiger partial charge on any atom is -0.399 e. The van der Waals surface area contributed by atoms with Gasteiger partial charge < -0.3 is 16.0 Å². The maximum absolute atomic E-state index is 11.2. The number of hydrogen-bond donors (Lipinski definition) is 3. The third kappa shape index (κ3) is 6.45. The Kier molecular flexibility index (Phi) is 9.07. The van der Waals surface area contributed by atoms with E-state index in [4.69, 9.17) is 5.73 Å². The molecule has 1 saturated carbocycles. The highest BCUT2D eigenvalue weighted by Crippen LogP contribution is 2.16. The molecule has 0 amide bonds. The average Bonchev–Trinajstić information content (AvgIpc) is 2.86. The molecule has 0 radical (unpaired) electrons. The van der Waals surface area contributed by atoms with Crippen molar-refractivity contribution < 1.29 is 0 Å². The summed E-state index contributed by atoms with van der Waals surface area (Å²) in [7, 11) is 2.08. The van der Waals surface area contributed by atoms with Crippen molar-refractivity contribution in [2.24, 2.45) is 0 Å². The van der Waals surface area contributed by atoms with Crippen LogP contribution in [0, 0.1) is 0 Å². The summed E-state index contributed by atoms with van der Waals surface area (Å²) in [6.07, 6.45) is 10.2. The Morgan fingerprint density at radius 3 is 2.35 bits per heavy atom. The molecule has 1 aliphatic carbocycles. The van der Waals surface area contributed by atoms with Crippen molar-refractivity contribution in [2.45, 2.75) is 58.4 Å². The number of nitrogens with two attached hydrogens (primary N) is 1. The average molecular weight is 317 g/mol. The summed E-state index contributed by atoms with van der Waals surface area (Å²) >= 11 is 0. The minimum atomic E-state index is -0.0764. The molecule has 128 valence electrons. The first-order valence-electron chi connectivity index (χ1n) is 8.75. The lowest BCUT2D eigenvalue weighted by Crippen LogP contribution is -2.23. The molecule has 23 heavy (non-hydrogen) atoms. The molecule has 0 spiro atoms. The smallest absolute Gasteiger partial charge is 0.255 e. The Morgan fingerprint density at radius 1 is 1.09 bits per heavy atom. The van der Waals surface area contributed by atoms with Crippen molar-refractivity contribution in [2.75, 3.05) is 12.8 Å². The highest BCUT2D eigenvalue weighted by molar-refractivity contribution is 5.84. The minimum absolute atomic E-state index is 0.0764. The Hall–Kier alpha value is -1.81. The summed E-state index contributed by atoms with van der Waals surface area (Å²) in [4.78, 5) is 13.8. The summed E-state index contributed by atoms with van der Waals surface area (Å²) in [5.41, 5.74) is 6.16. The SMILES string of the molecule is CC.CNC1CCCCCC1.Nc1ccc2c(=O)[nH]ccc2c1. The van der Waals surface area contributed by atoms with Gasteiger partial charge in [0.05, 0.1) is 0 Å². The van der Waals surface area contributed by atoms with Crippen LogP contribution in [0.5, 0.6) is 0 Å². The van der Waals surface area contributed by atoms with Gasteiger partial charge in [-0.05, 0) is 49.5 Å². The Bertz CT molecular complexity index is 613. The molecule has 4 nitrogen and oxygen atoms in total. The number of aromatic nitrogens is 1. The molecule has 0 unspecified atom stereocenters. The van der Waals surface area contributed by atoms with Gasteiger partial charge in [0.15, 0.2) is 0 Å². The monoisotopic (exact) mass is 317 g/mol. The van der Waals surface area contributed by atoms with Crippen molar-refractivity contribution in [3.63, 3.8) is 0 Å². The van der Waals surface area contributed by atoms with Crippen LogP contribution >= 0.6 is 0 Å². The largest absolute Gasteiger partial charge is 0.399 e. The van der Waals surface area contributed by atoms with E-state index in [0.717, 1.165) is 11.4 Å². The molecule has 4 N–H and O–H groups in total. The van der Waals surface area contributed by atoms with E-state index in [-0.39, 0.29) is 5.56 Å². The summed E-state index contributed by atoms with van der Waals surface area (Å²) in [6, 6.07) is 7.88. The van der Waals surface area contributed by atoms with Gasteiger partial charge in [0.25, 0.3) is 5.56 Å². The molecule has 0 aliphatic heterocycles. The number of H-pyrrole nitrogens is 1. The number of anilines is 1. The fourth-order valence-electron chi connectivity index (χ4n) is 2.78. The van der Waals surface area contributed by atoms with E-state index in [1.54, 1.807) is 24.4 Å². The van der Waals surface area contributed by atoms with Gasteiger partial charge in [-0.3, -0.25) is 4.79 Å². The van der Waals surface area contributed by atoms with E-state index in [9.17, 15) is 4.79 Å². The molecule has 1 aromatic heterocycles. The van der Waals surface area contributed by atoms with E-state index >= 15 is 0 Å². The highest BCUT2D eigenvalue weighted by Gasteiger charge is 2.08. The van der Waals surface area contributed by atoms with Crippen LogP contribution in [0.4, 0.5) is 5.69 Å². The molecule has 2 aromatic rings. The van der Waals surface area contributed by atoms with E-state index in [1.165, 1.54) is 38.5 Å². The predicted molar refractivity (Wildman–Crippen MR) is 101 cm³/mol. The highest BCUT2D eigenvalue weighted by atomic mass is 16.1. The third-order valence-corrected chi connectivity index (χ3v) is 4.06. The molecule has 0 atom stereocenters. The molecular formula is C19H31N3O. The molecule has 3 rings (SSSR count). The van der Waals surface area contributed by atoms with Crippen molar-refractivity contribution in [1.82, 2.24) is 10.3 Å². The standard InChI is InChI=1S/C9H8N2O.C8H17N.C2H6/c10-7-1-2-8-6(5-7)3-4-11-9(8)12;1-9-8-6-4-2-3-5-7-8;1-2/h1-5H,10H2,(H,11,12);8-9H,2-7H2,1H3;1-2H3. The van der Waals surface area contributed by atoms with Crippen molar-refractivity contribution in [3.05, 3.63) is 40.8 Å². The Balaban J connectivity index is 0.000000215. The normalized spacial score (nSPS) is 14.9. The number of rotatable bonds is 1. The lowest BCUT2D eigenvalue weighted by molar-refractivity contribution is 0.499. The van der Waals surface area contributed by atoms with Crippen LogP contribution in [0.2, 0.25) is 0 Å². The molecule has 0 bridgehead atoms. The fraction of sp³-hybridized carbons (Fsp3) is 0.526. The molecule has 0 saturated heterocycles. The predicted octanol–water partition coefficient (Wildman–Crippen LogP) is 4.07. The first-order chi connectivity index (χ1) is 11.2. The number of fused-ring (bicyclic) bond motifs is 1. The second-order valence-electron chi connectivity index (χ2n) is 5.63. The van der Waals surface area contributed by atoms with Gasteiger partial charge in [-0.1, -0.05) is 39.5 Å². The maximum Gasteiger partial charge on any atom is 0.255 e. The van der Waals surface area contributed by atoms with Crippen LogP contribution in [0.3, 0.4) is 0 Å². The van der Waals surface area contributed by atoms with Crippen LogP contribution in [0.25, 0.3) is 10.8 Å². The molecule has 4 heteroatoms. The zero-order valence-electron chi connectivity index (χ0n) is 14.7. The lowest BCUT2D eigenvalue weighted by atomic mass is 10.1. The van der Waals surface area contributed by atoms with E-state index < -0.39 is 0 Å². The van der Waals surface area contributed by atoms with Gasteiger partial charge >= 0.3 is 0 Å². The Labute approximate surface area is 139 Å². The number of benzene rings is 1. The lowest BCUT2D eigenvalue weighted by Gasteiger charge is -2.10. The van der Waals surface area contributed by atoms with E-state index in [1.807, 2.05) is 19.9 Å². The van der Waals surface area contributed by atoms with Gasteiger partial charge in [-0.2, -0.15) is 0 Å². The molecule has 1 heterocycles. The van der Waals surface area contributed by atoms with Crippen molar-refractivity contribution in [3.8, 4) is 0 Å². The van der Waals surface area contributed by atoms with Crippen LogP contribution in [0.1, 0.15) is 52.4 Å². The topological polar surface area (TPSA) is 70.9 Å². The molecule has 1 fully saturated rings. The first kappa shape index (κ1) is 19.2. The number of nitrogens with one attached hydrogen (secondary N) is 2. The second-order valence-corrected chi connectivity index (χ2v) is 5.63. The summed E-state index contributed by atoms with van der Waals surface area (Å²) in [6.45, 7) is 4.00. The molecular weight excluding hydrogens is 286 g/mol. The number of aromatic amines is 1. The van der Waals surface area contributed by atoms with Crippen LogP contribution in [-0.4, -0.2) is 18.1 Å². The fourth-order valence-corrected chi connectivity index (χ4v) is 2.78. The second kappa shape index (κ2) is 10.8. The number of hydrogen-bond acceptors (Lipinski definition) is 3. The van der Waals surface area contributed by atoms with Crippen LogP contribution in [0.15, 0.2) is 35.3 Å². The van der Waals surface area contributed by atoms with Crippen molar-refractivity contribution in [1.29, 1.82) is 0 Å². The van der Waals surface area contributed by atoms with Gasteiger partial charge in [-0.25, -0.2) is 0 Å². The Morgan fingerprint density at radius 2 is 1.74 bits per heavy atom. The molecule has 1 aliphatic rings. The number of pyridine rings is 1. The van der Waals surface area contributed by atoms with Crippen LogP contribution < -0.4 is 16.6 Å². The number of nitrogen functional groups attached to an aromatic ring is 1. The van der Waals surface area contributed by atoms with Gasteiger partial charge in [0.2, 0.25) is 0 Å². The molecule has 1 aromatic carbocycles. The first-order valence-corrected chi connectivity index (χ1v) is 8.75. The maximum atomic E-state index is 11.2. The van der Waals surface area contributed by atoms with Crippen molar-refractivity contribution >= 4 is 16.5 Å². The van der Waals surface area contributed by atoms with E-state index in [0.29, 0.717) is 11.1 Å². The summed E-state index contributed by atoms with van der Waals surface area (Å²) in [5, 5.41) is 4.89. The quantitative estimate of drug-likeness (QED) is 0.548. The third-order valence-electron chi connectivity index (χ3n) is 4.06. The summed E-state index contributed by atoms with van der Waals surface area (Å²) in [5.74, 6) is 0. The van der Waals surface area contributed by atoms with Gasteiger partial charge in [0.1, 0.15) is 0 Å². The summed E-state index contributed by atoms with van der Waals surface area (Å²) < 4.78 is 0. The van der Waals surface area contributed by atoms with Gasteiger partial charge in [0, 0.05) is 23.3 Å². The van der Waals surface area contributed by atoms with E-state index in [2.05, 4.69) is 17.3 Å². The zero-order chi connectivity index (χ0) is 17.1. The van der Waals surface area contributed by atoms with Crippen LogP contribution in [-0.2, 0) is 0 Å². The zero-order valence-corrected chi connectivity index (χ0v) is 14.7.